The van der Waals surface area contributed by atoms with Gasteiger partial charge in [-0.05, 0) is 100 Å². The van der Waals surface area contributed by atoms with Crippen LogP contribution < -0.4 is 37.2 Å². The van der Waals surface area contributed by atoms with E-state index >= 15 is 0 Å². The predicted octanol–water partition coefficient (Wildman–Crippen LogP) is 1.73. The van der Waals surface area contributed by atoms with Gasteiger partial charge in [-0.25, -0.2) is 12.7 Å². The first-order chi connectivity index (χ1) is 33.1. The molecular formula is C48H66N10O9S2. The molecule has 1 aliphatic carbocycles. The van der Waals surface area contributed by atoms with Gasteiger partial charge in [0.2, 0.25) is 39.6 Å². The summed E-state index contributed by atoms with van der Waals surface area (Å²) in [7, 11) is -1.36. The maximum atomic E-state index is 13.3. The van der Waals surface area contributed by atoms with E-state index in [-0.39, 0.29) is 84.4 Å². The zero-order valence-electron chi connectivity index (χ0n) is 39.5. The predicted molar refractivity (Wildman–Crippen MR) is 260 cm³/mol. The summed E-state index contributed by atoms with van der Waals surface area (Å²) >= 11 is 1.61. The molecule has 5 fully saturated rings. The van der Waals surface area contributed by atoms with Crippen molar-refractivity contribution in [1.82, 2.24) is 46.0 Å². The largest absolute Gasteiger partial charge is 0.385 e. The van der Waals surface area contributed by atoms with Gasteiger partial charge in [-0.2, -0.15) is 0 Å². The van der Waals surface area contributed by atoms with Crippen molar-refractivity contribution in [3.05, 3.63) is 64.7 Å². The van der Waals surface area contributed by atoms with Crippen molar-refractivity contribution in [2.24, 2.45) is 11.8 Å². The number of piperidine rings is 2. The van der Waals surface area contributed by atoms with Crippen LogP contribution in [-0.2, 0) is 39.4 Å². The first kappa shape index (κ1) is 50.5. The van der Waals surface area contributed by atoms with Crippen LogP contribution in [0.3, 0.4) is 0 Å². The highest BCUT2D eigenvalue weighted by Gasteiger charge is 2.47. The van der Waals surface area contributed by atoms with Crippen molar-refractivity contribution in [2.75, 3.05) is 70.2 Å². The zero-order valence-corrected chi connectivity index (χ0v) is 41.1. The fourth-order valence-electron chi connectivity index (χ4n) is 11.1. The third-order valence-corrected chi connectivity index (χ3v) is 17.2. The second-order valence-electron chi connectivity index (χ2n) is 19.5. The number of likely N-dealkylation sites (N-methyl/N-ethyl adjacent to an activating group) is 1. The Morgan fingerprint density at radius 1 is 0.913 bits per heavy atom. The highest BCUT2D eigenvalue weighted by molar-refractivity contribution is 8.00. The van der Waals surface area contributed by atoms with E-state index in [4.69, 9.17) is 0 Å². The van der Waals surface area contributed by atoms with E-state index in [9.17, 15) is 42.0 Å². The van der Waals surface area contributed by atoms with Gasteiger partial charge in [-0.15, -0.1) is 11.8 Å². The number of amides is 7. The number of carbonyl (C=O) groups is 7. The lowest BCUT2D eigenvalue weighted by atomic mass is 9.60. The van der Waals surface area contributed by atoms with E-state index in [0.29, 0.717) is 37.7 Å². The molecule has 5 aliphatic heterocycles. The summed E-state index contributed by atoms with van der Waals surface area (Å²) in [4.78, 5) is 92.2. The topological polar surface area (TPSA) is 248 Å². The molecule has 6 unspecified atom stereocenters. The van der Waals surface area contributed by atoms with Crippen molar-refractivity contribution in [3.8, 4) is 0 Å². The Hall–Kier alpha value is -4.93. The van der Waals surface area contributed by atoms with E-state index in [0.717, 1.165) is 54.7 Å². The number of thioether (sulfide) groups is 1. The lowest BCUT2D eigenvalue weighted by Gasteiger charge is -2.50. The number of anilines is 1. The maximum absolute atomic E-state index is 13.3. The van der Waals surface area contributed by atoms with Crippen LogP contribution in [0.25, 0.3) is 0 Å². The van der Waals surface area contributed by atoms with E-state index < -0.39 is 45.6 Å². The zero-order chi connectivity index (χ0) is 48.9. The number of fused-ring (bicyclic) bond motifs is 1. The molecule has 4 saturated heterocycles. The van der Waals surface area contributed by atoms with Gasteiger partial charge in [0.05, 0.1) is 42.6 Å². The minimum atomic E-state index is -3.37. The smallest absolute Gasteiger partial charge is 0.262 e. The standard InChI is InChI=1S/C48H66N10O9S2/c1-56(28-42(61)51-20-7-6-19-49-34-13-14-35-36(24-34)46(65)58(45(35)64)38-15-16-40(59)54-44(38)63)39-25-48(18-21-50-39,32-10-4-3-5-11-32)33-12-8-9-30(23-33)37-29-68-47(53-37)55-41(60)26-52-43(62)31-17-22-57(27-31)69(2,66)67/h8-9,12-14,23-24,31-32,37-39,47,49-50,53H,3-7,10-11,15-22,25-29H2,1-2H3,(H,51,61)(H,52,62)(H,55,60)(H,54,59,63). The molecule has 7 amide bonds. The van der Waals surface area contributed by atoms with Crippen molar-refractivity contribution in [3.63, 3.8) is 0 Å². The SMILES string of the molecule is CN(CC(=O)NCCCCNc1ccc2c(c1)C(=O)N(C1CCC(=O)NC1=O)C2=O)C1CC(c2cccc(C3CSC(NC(=O)CNC(=O)C4CCN(S(C)(=O)=O)C4)N3)c2)(C2CCCCC2)CCN1. The lowest BCUT2D eigenvalue weighted by molar-refractivity contribution is -0.136. The van der Waals surface area contributed by atoms with Crippen molar-refractivity contribution in [2.45, 2.75) is 106 Å². The van der Waals surface area contributed by atoms with Gasteiger partial charge in [-0.1, -0.05) is 43.5 Å². The van der Waals surface area contributed by atoms with Crippen LogP contribution in [0.15, 0.2) is 42.5 Å². The molecule has 0 radical (unpaired) electrons. The van der Waals surface area contributed by atoms with Gasteiger partial charge in [-0.3, -0.25) is 54.0 Å². The molecule has 69 heavy (non-hydrogen) atoms. The third-order valence-electron chi connectivity index (χ3n) is 14.9. The summed E-state index contributed by atoms with van der Waals surface area (Å²) in [6.07, 6.45) is 11.1. The molecule has 1 saturated carbocycles. The average molecular weight is 991 g/mol. The minimum absolute atomic E-state index is 0.00239. The van der Waals surface area contributed by atoms with Gasteiger partial charge >= 0.3 is 0 Å². The van der Waals surface area contributed by atoms with Gasteiger partial charge in [0.1, 0.15) is 11.5 Å². The first-order valence-corrected chi connectivity index (χ1v) is 27.3. The molecular weight excluding hydrogens is 925 g/mol. The molecule has 8 rings (SSSR count). The summed E-state index contributed by atoms with van der Waals surface area (Å²) in [6.45, 7) is 2.40. The minimum Gasteiger partial charge on any atom is -0.385 e. The quantitative estimate of drug-likeness (QED) is 0.0831. The number of rotatable bonds is 18. The number of hydrogen-bond acceptors (Lipinski definition) is 14. The molecule has 5 heterocycles. The molecule has 7 N–H and O–H groups in total. The van der Waals surface area contributed by atoms with Crippen LogP contribution in [0, 0.1) is 11.8 Å². The second-order valence-corrected chi connectivity index (χ2v) is 22.6. The number of nitrogens with one attached hydrogen (secondary N) is 7. The number of sulfonamides is 1. The van der Waals surface area contributed by atoms with Gasteiger partial charge in [0, 0.05) is 55.5 Å². The number of nitrogens with zero attached hydrogens (tertiary/aromatic N) is 3. The maximum Gasteiger partial charge on any atom is 0.262 e. The molecule has 6 atom stereocenters. The van der Waals surface area contributed by atoms with Crippen LogP contribution in [0.4, 0.5) is 5.69 Å². The van der Waals surface area contributed by atoms with Crippen LogP contribution in [0.5, 0.6) is 0 Å². The summed E-state index contributed by atoms with van der Waals surface area (Å²) in [5.74, 6) is -2.05. The fraction of sp³-hybridized carbons (Fsp3) is 0.604. The Kier molecular flexibility index (Phi) is 16.1. The van der Waals surface area contributed by atoms with Crippen molar-refractivity contribution >= 4 is 68.8 Å². The molecule has 374 valence electrons. The summed E-state index contributed by atoms with van der Waals surface area (Å²) < 4.78 is 25.0. The van der Waals surface area contributed by atoms with Gasteiger partial charge in [0.15, 0.2) is 0 Å². The van der Waals surface area contributed by atoms with Gasteiger partial charge < -0.3 is 26.6 Å². The first-order valence-electron chi connectivity index (χ1n) is 24.4. The van der Waals surface area contributed by atoms with E-state index in [1.807, 2.05) is 7.05 Å². The molecule has 0 aromatic heterocycles. The second kappa shape index (κ2) is 22.0. The Morgan fingerprint density at radius 3 is 2.46 bits per heavy atom. The fourth-order valence-corrected chi connectivity index (χ4v) is 13.1. The van der Waals surface area contributed by atoms with Crippen LogP contribution in [0.1, 0.15) is 115 Å². The summed E-state index contributed by atoms with van der Waals surface area (Å²) in [6, 6.07) is 12.8. The molecule has 2 aromatic rings. The third kappa shape index (κ3) is 11.8. The number of carbonyl (C=O) groups excluding carboxylic acids is 7. The van der Waals surface area contributed by atoms with Crippen molar-refractivity contribution in [1.29, 1.82) is 0 Å². The van der Waals surface area contributed by atoms with E-state index in [1.54, 1.807) is 30.0 Å². The number of benzene rings is 2. The highest BCUT2D eigenvalue weighted by atomic mass is 32.2. The molecule has 6 aliphatic rings. The Bertz CT molecular complexity index is 2420. The molecule has 19 nitrogen and oxygen atoms in total. The molecule has 0 bridgehead atoms. The molecule has 21 heteroatoms. The van der Waals surface area contributed by atoms with Crippen LogP contribution >= 0.6 is 11.8 Å². The summed E-state index contributed by atoms with van der Waals surface area (Å²) in [5.41, 5.74) is 3.19. The monoisotopic (exact) mass is 990 g/mol. The normalized spacial score (nSPS) is 26.8. The average Bonchev–Trinajstić information content (AvgIpc) is 4.09. The van der Waals surface area contributed by atoms with Crippen molar-refractivity contribution < 1.29 is 42.0 Å². The lowest BCUT2D eigenvalue weighted by Crippen LogP contribution is -2.57. The van der Waals surface area contributed by atoms with E-state index in [1.165, 1.54) is 42.0 Å². The number of imide groups is 2. The molecule has 2 aromatic carbocycles. The van der Waals surface area contributed by atoms with Crippen LogP contribution in [-0.4, -0.2) is 146 Å². The Labute approximate surface area is 408 Å². The number of hydrogen-bond donors (Lipinski definition) is 7. The highest BCUT2D eigenvalue weighted by Crippen LogP contribution is 2.49. The van der Waals surface area contributed by atoms with Gasteiger partial charge in [0.25, 0.3) is 11.8 Å². The molecule has 0 spiro atoms. The summed E-state index contributed by atoms with van der Waals surface area (Å²) in [5, 5.41) is 21.6. The van der Waals surface area contributed by atoms with Crippen LogP contribution in [0.2, 0.25) is 0 Å². The Balaban J connectivity index is 0.792. The Morgan fingerprint density at radius 2 is 1.70 bits per heavy atom. The number of unbranched alkanes of at least 4 members (excludes halogenated alkanes) is 1. The van der Waals surface area contributed by atoms with E-state index in [2.05, 4.69) is 66.4 Å².